The lowest BCUT2D eigenvalue weighted by atomic mass is 10.0. The second-order valence-electron chi connectivity index (χ2n) is 8.69. The van der Waals surface area contributed by atoms with Crippen LogP contribution in [0.25, 0.3) is 10.8 Å². The number of carbonyl (C=O) groups is 2. The molecular formula is C28H32N2O4. The van der Waals surface area contributed by atoms with Crippen LogP contribution in [0, 0.1) is 0 Å². The molecule has 2 atom stereocenters. The van der Waals surface area contributed by atoms with Crippen LogP contribution in [0.3, 0.4) is 0 Å². The van der Waals surface area contributed by atoms with Gasteiger partial charge in [-0.3, -0.25) is 9.69 Å². The summed E-state index contributed by atoms with van der Waals surface area (Å²) in [4.78, 5) is 29.2. The molecule has 1 fully saturated rings. The van der Waals surface area contributed by atoms with Gasteiger partial charge in [0, 0.05) is 19.6 Å². The van der Waals surface area contributed by atoms with E-state index in [1.165, 1.54) is 21.2 Å². The minimum Gasteiger partial charge on any atom is -0.445 e. The van der Waals surface area contributed by atoms with Crippen molar-refractivity contribution in [2.75, 3.05) is 19.6 Å². The molecule has 0 spiro atoms. The summed E-state index contributed by atoms with van der Waals surface area (Å²) >= 11 is 0. The maximum Gasteiger partial charge on any atom is 0.410 e. The van der Waals surface area contributed by atoms with E-state index in [2.05, 4.69) is 30.3 Å². The SMILES string of the molecule is CCN(CCCc1cccc2ccccc12)C(=O)[C@@H]1C(O)CCN1C(=O)OCc1ccccc1. The molecule has 6 nitrogen and oxygen atoms in total. The number of ether oxygens (including phenoxy) is 1. The van der Waals surface area contributed by atoms with Crippen molar-refractivity contribution >= 4 is 22.8 Å². The van der Waals surface area contributed by atoms with E-state index in [9.17, 15) is 14.7 Å². The van der Waals surface area contributed by atoms with Crippen LogP contribution in [0.4, 0.5) is 4.79 Å². The maximum absolute atomic E-state index is 13.3. The van der Waals surface area contributed by atoms with Gasteiger partial charge in [0.1, 0.15) is 12.6 Å². The van der Waals surface area contributed by atoms with Gasteiger partial charge in [0.05, 0.1) is 6.10 Å². The van der Waals surface area contributed by atoms with E-state index in [1.54, 1.807) is 4.90 Å². The van der Waals surface area contributed by atoms with Crippen LogP contribution in [-0.4, -0.2) is 58.7 Å². The Bertz CT molecular complexity index is 1110. The number of likely N-dealkylation sites (N-methyl/N-ethyl adjacent to an activating group) is 1. The fraction of sp³-hybridized carbons (Fsp3) is 0.357. The molecule has 1 saturated heterocycles. The van der Waals surface area contributed by atoms with E-state index in [4.69, 9.17) is 4.74 Å². The van der Waals surface area contributed by atoms with Crippen LogP contribution in [0.5, 0.6) is 0 Å². The number of hydrogen-bond donors (Lipinski definition) is 1. The average Bonchev–Trinajstić information content (AvgIpc) is 3.27. The van der Waals surface area contributed by atoms with Gasteiger partial charge in [-0.15, -0.1) is 0 Å². The molecule has 1 N–H and O–H groups in total. The smallest absolute Gasteiger partial charge is 0.410 e. The molecule has 1 aliphatic rings. The fourth-order valence-electron chi connectivity index (χ4n) is 4.66. The van der Waals surface area contributed by atoms with Crippen LogP contribution in [-0.2, 0) is 22.6 Å². The Morgan fingerprint density at radius 3 is 2.56 bits per heavy atom. The van der Waals surface area contributed by atoms with E-state index in [1.807, 2.05) is 49.4 Å². The summed E-state index contributed by atoms with van der Waals surface area (Å²) in [5, 5.41) is 13.0. The van der Waals surface area contributed by atoms with Gasteiger partial charge in [-0.05, 0) is 48.1 Å². The summed E-state index contributed by atoms with van der Waals surface area (Å²) in [7, 11) is 0. The molecule has 0 aromatic heterocycles. The second kappa shape index (κ2) is 11.2. The molecule has 0 saturated carbocycles. The van der Waals surface area contributed by atoms with E-state index in [0.717, 1.165) is 18.4 Å². The van der Waals surface area contributed by atoms with Crippen molar-refractivity contribution in [3.05, 3.63) is 83.9 Å². The largest absolute Gasteiger partial charge is 0.445 e. The van der Waals surface area contributed by atoms with Crippen molar-refractivity contribution in [1.29, 1.82) is 0 Å². The average molecular weight is 461 g/mol. The first kappa shape index (κ1) is 23.8. The van der Waals surface area contributed by atoms with Crippen LogP contribution >= 0.6 is 0 Å². The molecular weight excluding hydrogens is 428 g/mol. The Hall–Kier alpha value is -3.38. The predicted octanol–water partition coefficient (Wildman–Crippen LogP) is 4.39. The van der Waals surface area contributed by atoms with Gasteiger partial charge in [-0.2, -0.15) is 0 Å². The van der Waals surface area contributed by atoms with Crippen LogP contribution < -0.4 is 0 Å². The molecule has 178 valence electrons. The Morgan fingerprint density at radius 1 is 1.03 bits per heavy atom. The summed E-state index contributed by atoms with van der Waals surface area (Å²) in [5.41, 5.74) is 2.13. The summed E-state index contributed by atoms with van der Waals surface area (Å²) in [5.74, 6) is -0.220. The van der Waals surface area contributed by atoms with Crippen molar-refractivity contribution in [2.24, 2.45) is 0 Å². The van der Waals surface area contributed by atoms with Crippen molar-refractivity contribution in [2.45, 2.75) is 44.9 Å². The van der Waals surface area contributed by atoms with Crippen molar-refractivity contribution in [3.8, 4) is 0 Å². The standard InChI is InChI=1S/C28H32N2O4/c1-2-29(18-9-15-23-14-8-13-22-12-6-7-16-24(22)23)27(32)26-25(31)17-19-30(26)28(33)34-20-21-10-4-3-5-11-21/h3-8,10-14,16,25-26,31H,2,9,15,17-20H2,1H3/t25?,26-/m0/s1. The van der Waals surface area contributed by atoms with E-state index in [-0.39, 0.29) is 12.5 Å². The highest BCUT2D eigenvalue weighted by Gasteiger charge is 2.43. The highest BCUT2D eigenvalue weighted by Crippen LogP contribution is 2.23. The molecule has 2 amide bonds. The first-order valence-corrected chi connectivity index (χ1v) is 12.0. The molecule has 1 heterocycles. The van der Waals surface area contributed by atoms with Crippen molar-refractivity contribution in [3.63, 3.8) is 0 Å². The van der Waals surface area contributed by atoms with Crippen molar-refractivity contribution in [1.82, 2.24) is 9.80 Å². The number of amides is 2. The molecule has 6 heteroatoms. The first-order chi connectivity index (χ1) is 16.6. The number of hydrogen-bond acceptors (Lipinski definition) is 4. The van der Waals surface area contributed by atoms with E-state index >= 15 is 0 Å². The van der Waals surface area contributed by atoms with Crippen LogP contribution in [0.2, 0.25) is 0 Å². The monoisotopic (exact) mass is 460 g/mol. The molecule has 34 heavy (non-hydrogen) atoms. The number of rotatable bonds is 8. The van der Waals surface area contributed by atoms with Gasteiger partial charge in [-0.25, -0.2) is 4.79 Å². The number of aliphatic hydroxyl groups is 1. The normalized spacial score (nSPS) is 17.6. The maximum atomic E-state index is 13.3. The van der Waals surface area contributed by atoms with Gasteiger partial charge in [-0.1, -0.05) is 72.8 Å². The molecule has 1 unspecified atom stereocenters. The van der Waals surface area contributed by atoms with Crippen LogP contribution in [0.1, 0.15) is 30.9 Å². The predicted molar refractivity (Wildman–Crippen MR) is 132 cm³/mol. The molecule has 4 rings (SSSR count). The third kappa shape index (κ3) is 5.39. The summed E-state index contributed by atoms with van der Waals surface area (Å²) < 4.78 is 5.44. The lowest BCUT2D eigenvalue weighted by Gasteiger charge is -2.30. The van der Waals surface area contributed by atoms with E-state index in [0.29, 0.717) is 26.1 Å². The zero-order valence-corrected chi connectivity index (χ0v) is 19.6. The molecule has 0 radical (unpaired) electrons. The number of aliphatic hydroxyl groups excluding tert-OH is 1. The van der Waals surface area contributed by atoms with Crippen LogP contribution in [0.15, 0.2) is 72.8 Å². The number of benzene rings is 3. The molecule has 3 aromatic carbocycles. The third-order valence-corrected chi connectivity index (χ3v) is 6.51. The lowest BCUT2D eigenvalue weighted by Crippen LogP contribution is -2.52. The lowest BCUT2D eigenvalue weighted by molar-refractivity contribution is -0.138. The zero-order chi connectivity index (χ0) is 23.9. The number of fused-ring (bicyclic) bond motifs is 1. The van der Waals surface area contributed by atoms with Gasteiger partial charge in [0.2, 0.25) is 5.91 Å². The summed E-state index contributed by atoms with van der Waals surface area (Å²) in [6.07, 6.45) is 0.565. The minimum atomic E-state index is -0.902. The molecule has 0 aliphatic carbocycles. The highest BCUT2D eigenvalue weighted by molar-refractivity contribution is 5.87. The number of nitrogens with zero attached hydrogens (tertiary/aromatic N) is 2. The molecule has 3 aromatic rings. The minimum absolute atomic E-state index is 0.135. The van der Waals surface area contributed by atoms with Gasteiger partial charge >= 0.3 is 6.09 Å². The van der Waals surface area contributed by atoms with Gasteiger partial charge in [0.15, 0.2) is 0 Å². The second-order valence-corrected chi connectivity index (χ2v) is 8.69. The Balaban J connectivity index is 1.37. The Morgan fingerprint density at radius 2 is 1.76 bits per heavy atom. The number of aryl methyl sites for hydroxylation is 1. The zero-order valence-electron chi connectivity index (χ0n) is 19.6. The van der Waals surface area contributed by atoms with Gasteiger partial charge in [0.25, 0.3) is 0 Å². The summed E-state index contributed by atoms with van der Waals surface area (Å²) in [6, 6.07) is 23.1. The Kier molecular flexibility index (Phi) is 7.80. The Labute approximate surface area is 200 Å². The van der Waals surface area contributed by atoms with E-state index < -0.39 is 18.2 Å². The molecule has 0 bridgehead atoms. The first-order valence-electron chi connectivity index (χ1n) is 12.0. The quantitative estimate of drug-likeness (QED) is 0.541. The highest BCUT2D eigenvalue weighted by atomic mass is 16.6. The van der Waals surface area contributed by atoms with Crippen molar-refractivity contribution < 1.29 is 19.4 Å². The molecule has 1 aliphatic heterocycles. The summed E-state index contributed by atoms with van der Waals surface area (Å²) in [6.45, 7) is 3.45. The third-order valence-electron chi connectivity index (χ3n) is 6.51. The fourth-order valence-corrected chi connectivity index (χ4v) is 4.66. The topological polar surface area (TPSA) is 70.1 Å². The number of carbonyl (C=O) groups excluding carboxylic acids is 2. The van der Waals surface area contributed by atoms with Gasteiger partial charge < -0.3 is 14.7 Å². The number of likely N-dealkylation sites (tertiary alicyclic amines) is 1.